The lowest BCUT2D eigenvalue weighted by atomic mass is 9.97. The molecule has 1 saturated carbocycles. The Morgan fingerprint density at radius 2 is 2.00 bits per heavy atom. The maximum Gasteiger partial charge on any atom is 0.270 e. The van der Waals surface area contributed by atoms with E-state index in [1.165, 1.54) is 22.4 Å². The first-order valence-corrected chi connectivity index (χ1v) is 10.6. The summed E-state index contributed by atoms with van der Waals surface area (Å²) in [5, 5.41) is 6.55. The number of nitrogens with one attached hydrogen (secondary N) is 2. The number of pyridine rings is 1. The summed E-state index contributed by atoms with van der Waals surface area (Å²) in [7, 11) is 0. The molecule has 2 N–H and O–H groups in total. The average molecular weight is 406 g/mol. The molecule has 0 aromatic carbocycles. The molecule has 0 bridgehead atoms. The molecule has 2 aromatic rings. The summed E-state index contributed by atoms with van der Waals surface area (Å²) in [5.74, 6) is 0.0554. The van der Waals surface area contributed by atoms with E-state index in [2.05, 4.69) is 22.5 Å². The molecule has 0 radical (unpaired) electrons. The molecule has 1 aliphatic rings. The first kappa shape index (κ1) is 19.8. The predicted octanol–water partition coefficient (Wildman–Crippen LogP) is 4.08. The van der Waals surface area contributed by atoms with Crippen molar-refractivity contribution < 1.29 is 9.59 Å². The van der Waals surface area contributed by atoms with Gasteiger partial charge in [-0.25, -0.2) is 4.98 Å². The van der Waals surface area contributed by atoms with Crippen molar-refractivity contribution in [1.82, 2.24) is 15.6 Å². The van der Waals surface area contributed by atoms with Crippen LogP contribution in [0.3, 0.4) is 0 Å². The maximum atomic E-state index is 12.6. The molecular formula is C20H24ClN3O2S. The van der Waals surface area contributed by atoms with Gasteiger partial charge in [0, 0.05) is 23.7 Å². The zero-order chi connectivity index (χ0) is 19.2. The van der Waals surface area contributed by atoms with Crippen LogP contribution in [0.1, 0.15) is 57.6 Å². The molecular weight excluding hydrogens is 382 g/mol. The van der Waals surface area contributed by atoms with E-state index in [0.29, 0.717) is 28.1 Å². The summed E-state index contributed by atoms with van der Waals surface area (Å²) in [6, 6.07) is 7.01. The molecule has 2 heterocycles. The van der Waals surface area contributed by atoms with Crippen LogP contribution in [0.15, 0.2) is 30.5 Å². The summed E-state index contributed by atoms with van der Waals surface area (Å²) < 4.78 is 0. The molecule has 0 spiro atoms. The Morgan fingerprint density at radius 3 is 2.63 bits per heavy atom. The van der Waals surface area contributed by atoms with Gasteiger partial charge in [0.25, 0.3) is 11.8 Å². The molecule has 2 amide bonds. The molecule has 0 saturated heterocycles. The summed E-state index contributed by atoms with van der Waals surface area (Å²) in [5.41, 5.74) is 0.333. The minimum absolute atomic E-state index is 0.0819. The van der Waals surface area contributed by atoms with E-state index >= 15 is 0 Å². The second-order valence-corrected chi connectivity index (χ2v) is 8.42. The van der Waals surface area contributed by atoms with Gasteiger partial charge < -0.3 is 10.6 Å². The topological polar surface area (TPSA) is 71.1 Å². The molecule has 1 unspecified atom stereocenters. The highest BCUT2D eigenvalue weighted by Gasteiger charge is 2.27. The SMILES string of the molecule is CCc1ccc(C(=O)NCC(NC(=O)c2ccc(Cl)cn2)C2CCCC2)s1. The van der Waals surface area contributed by atoms with Gasteiger partial charge in [0.1, 0.15) is 5.69 Å². The standard InChI is InChI=1S/C20H24ClN3O2S/c1-2-15-8-10-18(27-15)20(26)23-12-17(13-5-3-4-6-13)24-19(25)16-9-7-14(21)11-22-16/h7-11,13,17H,2-6,12H2,1H3,(H,23,26)(H,24,25). The van der Waals surface area contributed by atoms with Gasteiger partial charge in [0.2, 0.25) is 0 Å². The minimum atomic E-state index is -0.234. The fraction of sp³-hybridized carbons (Fsp3) is 0.450. The van der Waals surface area contributed by atoms with Crippen molar-refractivity contribution in [2.45, 2.75) is 45.1 Å². The van der Waals surface area contributed by atoms with Gasteiger partial charge in [-0.2, -0.15) is 0 Å². The highest BCUT2D eigenvalue weighted by atomic mass is 35.5. The van der Waals surface area contributed by atoms with Gasteiger partial charge in [-0.3, -0.25) is 9.59 Å². The number of thiophene rings is 1. The molecule has 1 atom stereocenters. The number of hydrogen-bond donors (Lipinski definition) is 2. The Morgan fingerprint density at radius 1 is 1.22 bits per heavy atom. The second-order valence-electron chi connectivity index (χ2n) is 6.82. The molecule has 3 rings (SSSR count). The summed E-state index contributed by atoms with van der Waals surface area (Å²) in [4.78, 5) is 31.0. The van der Waals surface area contributed by atoms with Crippen LogP contribution >= 0.6 is 22.9 Å². The van der Waals surface area contributed by atoms with Gasteiger partial charge in [0.15, 0.2) is 0 Å². The van der Waals surface area contributed by atoms with Crippen LogP contribution in [0, 0.1) is 5.92 Å². The van der Waals surface area contributed by atoms with E-state index < -0.39 is 0 Å². The lowest BCUT2D eigenvalue weighted by Crippen LogP contribution is -2.47. The second kappa shape index (κ2) is 9.33. The number of halogens is 1. The highest BCUT2D eigenvalue weighted by Crippen LogP contribution is 2.28. The number of carbonyl (C=O) groups excluding carboxylic acids is 2. The third-order valence-electron chi connectivity index (χ3n) is 4.96. The monoisotopic (exact) mass is 405 g/mol. The summed E-state index contributed by atoms with van der Waals surface area (Å²) >= 11 is 7.36. The maximum absolute atomic E-state index is 12.6. The Bertz CT molecular complexity index is 785. The van der Waals surface area contributed by atoms with Crippen molar-refractivity contribution in [2.24, 2.45) is 5.92 Å². The average Bonchev–Trinajstić information content (AvgIpc) is 3.37. The fourth-order valence-electron chi connectivity index (χ4n) is 3.43. The Kier molecular flexibility index (Phi) is 6.85. The van der Waals surface area contributed by atoms with Crippen LogP contribution in [-0.2, 0) is 6.42 Å². The smallest absolute Gasteiger partial charge is 0.270 e. The van der Waals surface area contributed by atoms with E-state index in [9.17, 15) is 9.59 Å². The third-order valence-corrected chi connectivity index (χ3v) is 6.41. The van der Waals surface area contributed by atoms with Crippen LogP contribution < -0.4 is 10.6 Å². The molecule has 144 valence electrons. The highest BCUT2D eigenvalue weighted by molar-refractivity contribution is 7.14. The largest absolute Gasteiger partial charge is 0.349 e. The van der Waals surface area contributed by atoms with Crippen LogP contribution in [0.4, 0.5) is 0 Å². The van der Waals surface area contributed by atoms with E-state index in [1.54, 1.807) is 12.1 Å². The number of amides is 2. The number of aromatic nitrogens is 1. The normalized spacial score (nSPS) is 15.5. The number of carbonyl (C=O) groups is 2. The quantitative estimate of drug-likeness (QED) is 0.729. The van der Waals surface area contributed by atoms with Gasteiger partial charge in [-0.05, 0) is 49.4 Å². The van der Waals surface area contributed by atoms with Crippen LogP contribution in [0.5, 0.6) is 0 Å². The Hall–Kier alpha value is -1.92. The van der Waals surface area contributed by atoms with Gasteiger partial charge >= 0.3 is 0 Å². The Labute approximate surface area is 168 Å². The van der Waals surface area contributed by atoms with Crippen molar-refractivity contribution in [3.05, 3.63) is 50.9 Å². The lowest BCUT2D eigenvalue weighted by molar-refractivity contribution is 0.0890. The van der Waals surface area contributed by atoms with Crippen LogP contribution in [-0.4, -0.2) is 29.4 Å². The van der Waals surface area contributed by atoms with E-state index in [1.807, 2.05) is 12.1 Å². The van der Waals surface area contributed by atoms with E-state index in [-0.39, 0.29) is 17.9 Å². The molecule has 7 heteroatoms. The predicted molar refractivity (Wildman–Crippen MR) is 108 cm³/mol. The molecule has 2 aromatic heterocycles. The first-order valence-electron chi connectivity index (χ1n) is 9.36. The molecule has 1 fully saturated rings. The lowest BCUT2D eigenvalue weighted by Gasteiger charge is -2.25. The minimum Gasteiger partial charge on any atom is -0.349 e. The fourth-order valence-corrected chi connectivity index (χ4v) is 4.40. The van der Waals surface area contributed by atoms with Crippen molar-refractivity contribution in [1.29, 1.82) is 0 Å². The zero-order valence-electron chi connectivity index (χ0n) is 15.3. The van der Waals surface area contributed by atoms with Crippen LogP contribution in [0.25, 0.3) is 0 Å². The number of hydrogen-bond acceptors (Lipinski definition) is 4. The molecule has 0 aliphatic heterocycles. The van der Waals surface area contributed by atoms with Gasteiger partial charge in [0.05, 0.1) is 9.90 Å². The van der Waals surface area contributed by atoms with Crippen molar-refractivity contribution in [3.63, 3.8) is 0 Å². The number of rotatable bonds is 7. The van der Waals surface area contributed by atoms with Crippen molar-refractivity contribution in [2.75, 3.05) is 6.54 Å². The number of nitrogens with zero attached hydrogens (tertiary/aromatic N) is 1. The molecule has 1 aliphatic carbocycles. The third kappa shape index (κ3) is 5.30. The van der Waals surface area contributed by atoms with Crippen LogP contribution in [0.2, 0.25) is 5.02 Å². The number of aryl methyl sites for hydroxylation is 1. The van der Waals surface area contributed by atoms with Gasteiger partial charge in [-0.15, -0.1) is 11.3 Å². The summed E-state index contributed by atoms with van der Waals surface area (Å²) in [6.07, 6.45) is 6.84. The van der Waals surface area contributed by atoms with E-state index in [4.69, 9.17) is 11.6 Å². The van der Waals surface area contributed by atoms with Crippen molar-refractivity contribution >= 4 is 34.8 Å². The summed E-state index contributed by atoms with van der Waals surface area (Å²) in [6.45, 7) is 2.49. The first-order chi connectivity index (χ1) is 13.1. The zero-order valence-corrected chi connectivity index (χ0v) is 16.9. The van der Waals surface area contributed by atoms with Gasteiger partial charge in [-0.1, -0.05) is 31.4 Å². The molecule has 5 nitrogen and oxygen atoms in total. The van der Waals surface area contributed by atoms with E-state index in [0.717, 1.165) is 32.1 Å². The Balaban J connectivity index is 1.63. The van der Waals surface area contributed by atoms with Crippen molar-refractivity contribution in [3.8, 4) is 0 Å². The molecule has 27 heavy (non-hydrogen) atoms.